The molecule has 8 heteroatoms. The Labute approximate surface area is 213 Å². The maximum Gasteiger partial charge on any atom is 0.317 e. The molecule has 0 amide bonds. The highest BCUT2D eigenvalue weighted by Gasteiger charge is 2.84. The zero-order chi connectivity index (χ0) is 24.7. The lowest BCUT2D eigenvalue weighted by Gasteiger charge is -2.52. The number of carbonyl (C=O) groups is 4. The van der Waals surface area contributed by atoms with Crippen molar-refractivity contribution < 1.29 is 28.7 Å². The van der Waals surface area contributed by atoms with Crippen LogP contribution in [0.3, 0.4) is 0 Å². The van der Waals surface area contributed by atoms with Crippen molar-refractivity contribution in [1.29, 1.82) is 0 Å². The summed E-state index contributed by atoms with van der Waals surface area (Å²) in [6.45, 7) is 3.53. The van der Waals surface area contributed by atoms with Crippen molar-refractivity contribution in [1.82, 2.24) is 0 Å². The molecule has 2 aromatic rings. The normalized spacial score (nSPS) is 33.0. The number of halogens is 2. The first-order valence-corrected chi connectivity index (χ1v) is 12.5. The molecule has 3 aliphatic rings. The molecule has 176 valence electrons. The monoisotopic (exact) mass is 588 g/mol. The predicted molar refractivity (Wildman–Crippen MR) is 130 cm³/mol. The summed E-state index contributed by atoms with van der Waals surface area (Å²) in [6.07, 6.45) is 0. The number of Topliss-reactive ketones (excluding diaryl/α,β-unsaturated/α-hetero) is 2. The smallest absolute Gasteiger partial charge is 0.317 e. The first-order chi connectivity index (χ1) is 16.1. The molecule has 0 radical (unpaired) electrons. The minimum atomic E-state index is -1.48. The third-order valence-corrected chi connectivity index (χ3v) is 9.39. The Morgan fingerprint density at radius 1 is 0.735 bits per heavy atom. The van der Waals surface area contributed by atoms with Gasteiger partial charge in [0.1, 0.15) is 11.8 Å². The fraction of sp³-hybridized carbons (Fsp3) is 0.385. The van der Waals surface area contributed by atoms with Gasteiger partial charge in [-0.3, -0.25) is 19.2 Å². The van der Waals surface area contributed by atoms with Crippen LogP contribution in [-0.2, 0) is 39.5 Å². The summed E-state index contributed by atoms with van der Waals surface area (Å²) in [5.74, 6) is -6.25. The van der Waals surface area contributed by atoms with E-state index in [2.05, 4.69) is 31.9 Å². The van der Waals surface area contributed by atoms with Gasteiger partial charge in [-0.1, -0.05) is 57.8 Å². The lowest BCUT2D eigenvalue weighted by molar-refractivity contribution is -0.156. The maximum absolute atomic E-state index is 14.0. The van der Waals surface area contributed by atoms with Crippen LogP contribution in [-0.4, -0.2) is 37.7 Å². The van der Waals surface area contributed by atoms with E-state index in [0.29, 0.717) is 5.56 Å². The van der Waals surface area contributed by atoms with Crippen molar-refractivity contribution in [2.24, 2.45) is 23.7 Å². The quantitative estimate of drug-likeness (QED) is 0.382. The van der Waals surface area contributed by atoms with Crippen LogP contribution < -0.4 is 0 Å². The Hall–Kier alpha value is -2.32. The van der Waals surface area contributed by atoms with Gasteiger partial charge in [-0.15, -0.1) is 0 Å². The lowest BCUT2D eigenvalue weighted by Crippen LogP contribution is -2.57. The van der Waals surface area contributed by atoms with Gasteiger partial charge in [0.05, 0.1) is 14.2 Å². The number of esters is 2. The highest BCUT2D eigenvalue weighted by atomic mass is 79.9. The van der Waals surface area contributed by atoms with Crippen LogP contribution >= 0.6 is 31.9 Å². The molecule has 5 rings (SSSR count). The van der Waals surface area contributed by atoms with Crippen LogP contribution in [0.25, 0.3) is 11.1 Å². The summed E-state index contributed by atoms with van der Waals surface area (Å²) in [6, 6.07) is 11.3. The molecule has 0 bridgehead atoms. The van der Waals surface area contributed by atoms with Crippen molar-refractivity contribution in [3.63, 3.8) is 0 Å². The first kappa shape index (κ1) is 23.4. The summed E-state index contributed by atoms with van der Waals surface area (Å²) in [5.41, 5.74) is 0.403. The first-order valence-electron chi connectivity index (χ1n) is 10.9. The molecule has 0 aliphatic heterocycles. The summed E-state index contributed by atoms with van der Waals surface area (Å²) in [7, 11) is 2.45. The van der Waals surface area contributed by atoms with E-state index in [9.17, 15) is 19.2 Å². The summed E-state index contributed by atoms with van der Waals surface area (Å²) >= 11 is 7.09. The molecular formula is C26H22Br2O6. The second-order valence-electron chi connectivity index (χ2n) is 9.28. The average molecular weight is 590 g/mol. The molecule has 2 aromatic carbocycles. The number of fused-ring (bicyclic) bond motifs is 3. The molecule has 2 saturated carbocycles. The van der Waals surface area contributed by atoms with Gasteiger partial charge in [0.25, 0.3) is 0 Å². The zero-order valence-corrected chi connectivity index (χ0v) is 22.2. The van der Waals surface area contributed by atoms with E-state index in [4.69, 9.17) is 9.47 Å². The van der Waals surface area contributed by atoms with E-state index in [-0.39, 0.29) is 11.6 Å². The molecule has 6 atom stereocenters. The second-order valence-corrected chi connectivity index (χ2v) is 11.1. The Bertz CT molecular complexity index is 1260. The second kappa shape index (κ2) is 7.59. The van der Waals surface area contributed by atoms with E-state index in [0.717, 1.165) is 25.6 Å². The molecule has 0 N–H and O–H groups in total. The van der Waals surface area contributed by atoms with E-state index >= 15 is 0 Å². The van der Waals surface area contributed by atoms with Crippen molar-refractivity contribution >= 4 is 55.4 Å². The number of ether oxygens (including phenoxy) is 2. The van der Waals surface area contributed by atoms with Gasteiger partial charge >= 0.3 is 11.9 Å². The number of ketones is 2. The topological polar surface area (TPSA) is 86.7 Å². The van der Waals surface area contributed by atoms with Gasteiger partial charge in [0.2, 0.25) is 0 Å². The zero-order valence-electron chi connectivity index (χ0n) is 19.0. The Morgan fingerprint density at radius 3 is 1.50 bits per heavy atom. The van der Waals surface area contributed by atoms with Crippen LogP contribution in [0, 0.1) is 23.7 Å². The summed E-state index contributed by atoms with van der Waals surface area (Å²) in [5, 5.41) is 0. The minimum Gasteiger partial charge on any atom is -0.468 e. The lowest BCUT2D eigenvalue weighted by atomic mass is 9.48. The van der Waals surface area contributed by atoms with Gasteiger partial charge in [-0.05, 0) is 46.5 Å². The maximum atomic E-state index is 14.0. The van der Waals surface area contributed by atoms with Crippen LogP contribution in [0.4, 0.5) is 0 Å². The van der Waals surface area contributed by atoms with Gasteiger partial charge in [-0.2, -0.15) is 0 Å². The molecule has 3 aliphatic carbocycles. The van der Waals surface area contributed by atoms with Crippen molar-refractivity contribution in [2.75, 3.05) is 14.2 Å². The fourth-order valence-corrected chi connectivity index (χ4v) is 8.12. The van der Waals surface area contributed by atoms with Gasteiger partial charge in [0.15, 0.2) is 11.6 Å². The number of rotatable bonds is 2. The highest BCUT2D eigenvalue weighted by molar-refractivity contribution is 9.10. The summed E-state index contributed by atoms with van der Waals surface area (Å²) < 4.78 is 11.9. The van der Waals surface area contributed by atoms with Crippen LogP contribution in [0.5, 0.6) is 0 Å². The minimum absolute atomic E-state index is 0.329. The highest BCUT2D eigenvalue weighted by Crippen LogP contribution is 2.74. The Kier molecular flexibility index (Phi) is 5.23. The average Bonchev–Trinajstić information content (AvgIpc) is 3.15. The number of carbonyl (C=O) groups excluding carboxylic acids is 4. The molecule has 0 spiro atoms. The Balaban J connectivity index is 2.06. The predicted octanol–water partition coefficient (Wildman–Crippen LogP) is 4.38. The third kappa shape index (κ3) is 2.41. The van der Waals surface area contributed by atoms with Crippen LogP contribution in [0.2, 0.25) is 0 Å². The molecule has 0 aromatic heterocycles. The molecule has 34 heavy (non-hydrogen) atoms. The van der Waals surface area contributed by atoms with E-state index in [1.165, 1.54) is 14.2 Å². The molecule has 2 fully saturated rings. The molecule has 5 unspecified atom stereocenters. The molecule has 6 nitrogen and oxygen atoms in total. The number of hydrogen-bond donors (Lipinski definition) is 0. The van der Waals surface area contributed by atoms with Crippen LogP contribution in [0.1, 0.15) is 25.0 Å². The molecular weight excluding hydrogens is 568 g/mol. The van der Waals surface area contributed by atoms with Gasteiger partial charge < -0.3 is 9.47 Å². The van der Waals surface area contributed by atoms with E-state index in [1.54, 1.807) is 13.8 Å². The number of benzene rings is 2. The largest absolute Gasteiger partial charge is 0.468 e. The summed E-state index contributed by atoms with van der Waals surface area (Å²) in [4.78, 5) is 54.6. The van der Waals surface area contributed by atoms with Crippen LogP contribution in [0.15, 0.2) is 45.3 Å². The standard InChI is InChI=1S/C26H22Br2O6/c1-11-21(29)19(23(31)33-3)26-18-8-6-14(28)10-16(18)15-9-13(27)5-7-17(15)25(11,26)12(2)22(30)20(26)24(32)34-4/h5-12,19-20H,1-4H3/t11-,12?,19?,20?,25?,26?/m0/s1. The van der Waals surface area contributed by atoms with Crippen molar-refractivity contribution in [3.8, 4) is 11.1 Å². The van der Waals surface area contributed by atoms with Gasteiger partial charge in [-0.25, -0.2) is 0 Å². The van der Waals surface area contributed by atoms with E-state index in [1.807, 2.05) is 36.4 Å². The number of hydrogen-bond acceptors (Lipinski definition) is 6. The molecule has 0 saturated heterocycles. The SMILES string of the molecule is COC(=O)C1C(=O)C(C)C23c4ccc(Br)cc4-c4cc(Br)ccc4C12C(C(=O)OC)C(=O)[C@@H]3C. The molecule has 0 heterocycles. The fourth-order valence-electron chi connectivity index (χ4n) is 7.40. The number of methoxy groups -OCH3 is 2. The third-order valence-electron chi connectivity index (χ3n) is 8.40. The van der Waals surface area contributed by atoms with Gasteiger partial charge in [0, 0.05) is 31.6 Å². The Morgan fingerprint density at radius 2 is 1.12 bits per heavy atom. The van der Waals surface area contributed by atoms with Crippen molar-refractivity contribution in [3.05, 3.63) is 56.5 Å². The van der Waals surface area contributed by atoms with E-state index < -0.39 is 46.4 Å². The van der Waals surface area contributed by atoms with Crippen molar-refractivity contribution in [2.45, 2.75) is 24.7 Å².